The van der Waals surface area contributed by atoms with Crippen molar-refractivity contribution in [1.29, 1.82) is 0 Å². The number of carbonyl (C=O) groups is 2. The molecule has 0 bridgehead atoms. The lowest BCUT2D eigenvalue weighted by Crippen LogP contribution is -2.28. The summed E-state index contributed by atoms with van der Waals surface area (Å²) < 4.78 is 86.4. The third-order valence-electron chi connectivity index (χ3n) is 2.34. The van der Waals surface area contributed by atoms with Gasteiger partial charge >= 0.3 is 24.3 Å². The maximum atomic E-state index is 12.7. The Morgan fingerprint density at radius 3 is 2.29 bits per heavy atom. The van der Waals surface area contributed by atoms with Crippen molar-refractivity contribution in [3.63, 3.8) is 0 Å². The molecule has 0 radical (unpaired) electrons. The first-order valence-corrected chi connectivity index (χ1v) is 6.01. The number of hydrogen-bond donors (Lipinski definition) is 0. The van der Waals surface area contributed by atoms with Crippen molar-refractivity contribution < 1.29 is 50.1 Å². The maximum Gasteiger partial charge on any atom is 0.491 e. The van der Waals surface area contributed by atoms with Crippen LogP contribution in [-0.4, -0.2) is 36.8 Å². The molecule has 0 atom stereocenters. The summed E-state index contributed by atoms with van der Waals surface area (Å²) in [4.78, 5) is 24.7. The molecular formula is C12H9F6NO5. The van der Waals surface area contributed by atoms with Crippen LogP contribution in [0.2, 0.25) is 0 Å². The van der Waals surface area contributed by atoms with E-state index in [4.69, 9.17) is 4.74 Å². The Balaban J connectivity index is 2.63. The Morgan fingerprint density at radius 2 is 1.79 bits per heavy atom. The van der Waals surface area contributed by atoms with Crippen LogP contribution in [0.15, 0.2) is 12.3 Å². The topological polar surface area (TPSA) is 74.7 Å². The van der Waals surface area contributed by atoms with Crippen LogP contribution in [0.25, 0.3) is 0 Å². The van der Waals surface area contributed by atoms with Crippen LogP contribution in [0.4, 0.5) is 26.3 Å². The van der Waals surface area contributed by atoms with Crippen molar-refractivity contribution in [2.75, 3.05) is 13.7 Å². The first-order valence-electron chi connectivity index (χ1n) is 6.01. The number of methoxy groups -OCH3 is 1. The molecular weight excluding hydrogens is 352 g/mol. The predicted octanol–water partition coefficient (Wildman–Crippen LogP) is 2.51. The number of aromatic nitrogens is 1. The van der Waals surface area contributed by atoms with Crippen molar-refractivity contribution in [3.05, 3.63) is 17.8 Å². The zero-order valence-corrected chi connectivity index (χ0v) is 11.8. The normalized spacial score (nSPS) is 11.8. The summed E-state index contributed by atoms with van der Waals surface area (Å²) >= 11 is 0. The van der Waals surface area contributed by atoms with Gasteiger partial charge in [-0.15, -0.1) is 0 Å². The molecule has 1 heterocycles. The molecule has 1 aromatic heterocycles. The van der Waals surface area contributed by atoms with Crippen molar-refractivity contribution in [3.8, 4) is 11.6 Å². The summed E-state index contributed by atoms with van der Waals surface area (Å²) in [5, 5.41) is 0. The van der Waals surface area contributed by atoms with Crippen LogP contribution in [0, 0.1) is 0 Å². The second-order valence-electron chi connectivity index (χ2n) is 4.08. The molecule has 0 N–H and O–H groups in total. The molecule has 0 saturated heterocycles. The van der Waals surface area contributed by atoms with Crippen molar-refractivity contribution in [2.24, 2.45) is 0 Å². The van der Waals surface area contributed by atoms with Gasteiger partial charge in [0.15, 0.2) is 0 Å². The quantitative estimate of drug-likeness (QED) is 0.456. The average molecular weight is 361 g/mol. The van der Waals surface area contributed by atoms with Gasteiger partial charge in [0.2, 0.25) is 5.88 Å². The molecule has 0 saturated carbocycles. The van der Waals surface area contributed by atoms with E-state index < -0.39 is 54.5 Å². The zero-order chi connectivity index (χ0) is 18.5. The summed E-state index contributed by atoms with van der Waals surface area (Å²) in [7, 11) is 0.978. The largest absolute Gasteiger partial charge is 0.491 e. The van der Waals surface area contributed by atoms with E-state index in [1.807, 2.05) is 0 Å². The smallest absolute Gasteiger partial charge is 0.491 e. The van der Waals surface area contributed by atoms with Gasteiger partial charge in [0.1, 0.15) is 11.3 Å². The number of pyridine rings is 1. The Kier molecular flexibility index (Phi) is 5.99. The summed E-state index contributed by atoms with van der Waals surface area (Å²) in [6, 6.07) is 0.540. The van der Waals surface area contributed by atoms with Gasteiger partial charge in [-0.25, -0.2) is 9.78 Å². The van der Waals surface area contributed by atoms with E-state index in [1.54, 1.807) is 0 Å². The molecule has 0 fully saturated rings. The number of nitrogens with zero attached hydrogens (tertiary/aromatic N) is 1. The first kappa shape index (κ1) is 19.5. The van der Waals surface area contributed by atoms with Crippen LogP contribution < -0.4 is 9.47 Å². The molecule has 1 rings (SSSR count). The van der Waals surface area contributed by atoms with Crippen LogP contribution >= 0.6 is 0 Å². The van der Waals surface area contributed by atoms with Gasteiger partial charge < -0.3 is 14.2 Å². The molecule has 24 heavy (non-hydrogen) atoms. The van der Waals surface area contributed by atoms with Gasteiger partial charge in [-0.2, -0.15) is 26.3 Å². The predicted molar refractivity (Wildman–Crippen MR) is 63.1 cm³/mol. The molecule has 1 aromatic rings. The van der Waals surface area contributed by atoms with Gasteiger partial charge in [-0.1, -0.05) is 0 Å². The van der Waals surface area contributed by atoms with Gasteiger partial charge in [0.05, 0.1) is 26.3 Å². The highest BCUT2D eigenvalue weighted by molar-refractivity contribution is 5.88. The minimum atomic E-state index is -5.34. The molecule has 0 aromatic carbocycles. The fraction of sp³-hybridized carbons (Fsp3) is 0.417. The molecule has 0 aliphatic rings. The fourth-order valence-corrected chi connectivity index (χ4v) is 1.34. The van der Waals surface area contributed by atoms with E-state index in [9.17, 15) is 35.9 Å². The lowest BCUT2D eigenvalue weighted by atomic mass is 10.2. The Labute approximate surface area is 130 Å². The summed E-state index contributed by atoms with van der Waals surface area (Å²) in [5.41, 5.74) is -1.24. The molecule has 0 aliphatic heterocycles. The van der Waals surface area contributed by atoms with Gasteiger partial charge in [-0.05, 0) is 6.07 Å². The Bertz CT molecular complexity index is 613. The van der Waals surface area contributed by atoms with Crippen molar-refractivity contribution >= 4 is 11.9 Å². The van der Waals surface area contributed by atoms with E-state index in [2.05, 4.69) is 14.5 Å². The first-order chi connectivity index (χ1) is 10.9. The zero-order valence-electron chi connectivity index (χ0n) is 11.8. The number of alkyl halides is 6. The van der Waals surface area contributed by atoms with Gasteiger partial charge in [0.25, 0.3) is 0 Å². The summed E-state index contributed by atoms with van der Waals surface area (Å²) in [5.74, 6) is -5.35. The van der Waals surface area contributed by atoms with Crippen LogP contribution in [0.1, 0.15) is 12.0 Å². The van der Waals surface area contributed by atoms with Crippen molar-refractivity contribution in [1.82, 2.24) is 4.98 Å². The van der Waals surface area contributed by atoms with E-state index in [0.717, 1.165) is 13.3 Å². The third kappa shape index (κ3) is 5.59. The highest BCUT2D eigenvalue weighted by Crippen LogP contribution is 2.36. The fourth-order valence-electron chi connectivity index (χ4n) is 1.34. The molecule has 0 aliphatic carbocycles. The van der Waals surface area contributed by atoms with E-state index in [-0.39, 0.29) is 0 Å². The third-order valence-corrected chi connectivity index (χ3v) is 2.34. The number of rotatable bonds is 5. The molecule has 0 spiro atoms. The number of ether oxygens (including phenoxy) is 3. The lowest BCUT2D eigenvalue weighted by molar-refractivity contribution is -0.202. The van der Waals surface area contributed by atoms with E-state index >= 15 is 0 Å². The number of hydrogen-bond acceptors (Lipinski definition) is 6. The molecule has 6 nitrogen and oxygen atoms in total. The molecule has 12 heteroatoms. The van der Waals surface area contributed by atoms with E-state index in [1.165, 1.54) is 0 Å². The number of esters is 2. The SMILES string of the molecule is COc1ncc(OCCC(=O)OC(=O)C(F)(F)F)cc1C(F)(F)F. The minimum absolute atomic E-state index is 0.405. The summed E-state index contributed by atoms with van der Waals surface area (Å²) in [6.45, 7) is -0.630. The van der Waals surface area contributed by atoms with Crippen LogP contribution in [0.5, 0.6) is 11.6 Å². The van der Waals surface area contributed by atoms with Gasteiger partial charge in [0, 0.05) is 0 Å². The van der Waals surface area contributed by atoms with Crippen LogP contribution in [-0.2, 0) is 20.5 Å². The Morgan fingerprint density at radius 1 is 1.17 bits per heavy atom. The second kappa shape index (κ2) is 7.36. The molecule has 134 valence electrons. The molecule has 0 amide bonds. The lowest BCUT2D eigenvalue weighted by Gasteiger charge is -2.13. The summed E-state index contributed by atoms with van der Waals surface area (Å²) in [6.07, 6.45) is -10.1. The van der Waals surface area contributed by atoms with Gasteiger partial charge in [-0.3, -0.25) is 4.79 Å². The second-order valence-corrected chi connectivity index (χ2v) is 4.08. The van der Waals surface area contributed by atoms with Crippen molar-refractivity contribution in [2.45, 2.75) is 18.8 Å². The number of carbonyl (C=O) groups excluding carboxylic acids is 2. The average Bonchev–Trinajstić information content (AvgIpc) is 2.45. The molecule has 0 unspecified atom stereocenters. The minimum Gasteiger partial charge on any atom is -0.491 e. The maximum absolute atomic E-state index is 12.7. The Hall–Kier alpha value is -2.53. The van der Waals surface area contributed by atoms with Crippen LogP contribution in [0.3, 0.4) is 0 Å². The monoisotopic (exact) mass is 361 g/mol. The highest BCUT2D eigenvalue weighted by atomic mass is 19.4. The standard InChI is InChI=1S/C12H9F6NO5/c1-22-9-7(11(13,14)15)4-6(5-19-9)23-3-2-8(20)24-10(21)12(16,17)18/h4-5H,2-3H2,1H3. The highest BCUT2D eigenvalue weighted by Gasteiger charge is 2.42. The number of halogens is 6. The van der Waals surface area contributed by atoms with E-state index in [0.29, 0.717) is 6.07 Å².